The summed E-state index contributed by atoms with van der Waals surface area (Å²) in [5.74, 6) is 0.488. The first-order valence-corrected chi connectivity index (χ1v) is 8.47. The van der Waals surface area contributed by atoms with Crippen molar-refractivity contribution in [3.63, 3.8) is 0 Å². The molecular weight excluding hydrogens is 298 g/mol. The van der Waals surface area contributed by atoms with Gasteiger partial charge in [0.15, 0.2) is 0 Å². The SMILES string of the molecule is CCNc1ncc(S(=O)(=O)NCC(C)(C)CC)cc1Cl. The number of pyridine rings is 1. The van der Waals surface area contributed by atoms with E-state index in [1.54, 1.807) is 0 Å². The molecule has 0 saturated heterocycles. The fourth-order valence-corrected chi connectivity index (χ4v) is 2.87. The number of nitrogens with zero attached hydrogens (tertiary/aromatic N) is 1. The third-order valence-corrected chi connectivity index (χ3v) is 4.82. The third kappa shape index (κ3) is 4.61. The Hall–Kier alpha value is -0.850. The Bertz CT molecular complexity index is 559. The van der Waals surface area contributed by atoms with Crippen LogP contribution in [-0.4, -0.2) is 26.5 Å². The summed E-state index contributed by atoms with van der Waals surface area (Å²) in [5.41, 5.74) is -0.0893. The molecule has 0 radical (unpaired) electrons. The first-order valence-electron chi connectivity index (χ1n) is 6.61. The Morgan fingerprint density at radius 2 is 2.00 bits per heavy atom. The molecule has 5 nitrogen and oxygen atoms in total. The van der Waals surface area contributed by atoms with Crippen LogP contribution in [0.3, 0.4) is 0 Å². The van der Waals surface area contributed by atoms with Crippen molar-refractivity contribution >= 4 is 27.4 Å². The first-order chi connectivity index (χ1) is 9.22. The van der Waals surface area contributed by atoms with Crippen molar-refractivity contribution in [3.8, 4) is 0 Å². The summed E-state index contributed by atoms with van der Waals surface area (Å²) >= 11 is 6.01. The minimum atomic E-state index is -3.58. The number of aromatic nitrogens is 1. The highest BCUT2D eigenvalue weighted by atomic mass is 35.5. The van der Waals surface area contributed by atoms with Crippen molar-refractivity contribution in [2.75, 3.05) is 18.4 Å². The monoisotopic (exact) mass is 319 g/mol. The summed E-state index contributed by atoms with van der Waals surface area (Å²) in [5, 5.41) is 3.26. The number of nitrogens with one attached hydrogen (secondary N) is 2. The number of halogens is 1. The molecule has 0 aliphatic carbocycles. The lowest BCUT2D eigenvalue weighted by Crippen LogP contribution is -2.33. The number of hydrogen-bond acceptors (Lipinski definition) is 4. The van der Waals surface area contributed by atoms with Crippen LogP contribution in [0.1, 0.15) is 34.1 Å². The van der Waals surface area contributed by atoms with E-state index in [2.05, 4.69) is 15.0 Å². The summed E-state index contributed by atoms with van der Waals surface area (Å²) < 4.78 is 27.0. The van der Waals surface area contributed by atoms with E-state index in [4.69, 9.17) is 11.6 Å². The second-order valence-corrected chi connectivity index (χ2v) is 7.55. The normalized spacial score (nSPS) is 12.4. The number of rotatable bonds is 7. The van der Waals surface area contributed by atoms with E-state index < -0.39 is 10.0 Å². The molecule has 0 aromatic carbocycles. The second kappa shape index (κ2) is 6.74. The summed E-state index contributed by atoms with van der Waals surface area (Å²) in [6, 6.07) is 1.41. The van der Waals surface area contributed by atoms with Gasteiger partial charge >= 0.3 is 0 Å². The Morgan fingerprint density at radius 1 is 1.35 bits per heavy atom. The Balaban J connectivity index is 2.91. The highest BCUT2D eigenvalue weighted by Gasteiger charge is 2.21. The quantitative estimate of drug-likeness (QED) is 0.810. The minimum Gasteiger partial charge on any atom is -0.369 e. The molecule has 1 heterocycles. The molecule has 0 amide bonds. The van der Waals surface area contributed by atoms with Crippen LogP contribution in [0.2, 0.25) is 5.02 Å². The summed E-state index contributed by atoms with van der Waals surface area (Å²) in [7, 11) is -3.58. The lowest BCUT2D eigenvalue weighted by molar-refractivity contribution is 0.350. The lowest BCUT2D eigenvalue weighted by atomic mass is 9.91. The molecule has 0 saturated carbocycles. The van der Waals surface area contributed by atoms with E-state index in [1.165, 1.54) is 12.3 Å². The first kappa shape index (κ1) is 17.2. The van der Waals surface area contributed by atoms with Gasteiger partial charge in [0.25, 0.3) is 0 Å². The fraction of sp³-hybridized carbons (Fsp3) is 0.615. The van der Waals surface area contributed by atoms with E-state index in [0.717, 1.165) is 6.42 Å². The summed E-state index contributed by atoms with van der Waals surface area (Å²) in [6.07, 6.45) is 2.19. The Labute approximate surface area is 126 Å². The zero-order chi connectivity index (χ0) is 15.4. The molecule has 0 bridgehead atoms. The molecule has 0 aliphatic rings. The van der Waals surface area contributed by atoms with Crippen molar-refractivity contribution in [1.29, 1.82) is 0 Å². The largest absolute Gasteiger partial charge is 0.369 e. The van der Waals surface area contributed by atoms with Gasteiger partial charge in [-0.1, -0.05) is 32.4 Å². The van der Waals surface area contributed by atoms with Crippen LogP contribution in [0.25, 0.3) is 0 Å². The van der Waals surface area contributed by atoms with Gasteiger partial charge in [0.1, 0.15) is 10.7 Å². The maximum absolute atomic E-state index is 12.2. The minimum absolute atomic E-state index is 0.0797. The molecule has 0 aliphatic heterocycles. The van der Waals surface area contributed by atoms with Gasteiger partial charge in [-0.3, -0.25) is 0 Å². The van der Waals surface area contributed by atoms with Crippen LogP contribution < -0.4 is 10.0 Å². The number of hydrogen-bond donors (Lipinski definition) is 2. The fourth-order valence-electron chi connectivity index (χ4n) is 1.36. The molecule has 1 aromatic heterocycles. The van der Waals surface area contributed by atoms with Gasteiger partial charge in [-0.2, -0.15) is 0 Å². The third-order valence-electron chi connectivity index (χ3n) is 3.17. The zero-order valence-electron chi connectivity index (χ0n) is 12.3. The standard InChI is InChI=1S/C13H22ClN3O2S/c1-5-13(3,4)9-17-20(18,19)10-7-11(14)12(15-6-2)16-8-10/h7-8,17H,5-6,9H2,1-4H3,(H,15,16). The van der Waals surface area contributed by atoms with E-state index in [1.807, 2.05) is 27.7 Å². The van der Waals surface area contributed by atoms with Gasteiger partial charge in [0.05, 0.1) is 5.02 Å². The predicted octanol–water partition coefficient (Wildman–Crippen LogP) is 2.88. The number of anilines is 1. The van der Waals surface area contributed by atoms with Gasteiger partial charge in [-0.15, -0.1) is 0 Å². The summed E-state index contributed by atoms with van der Waals surface area (Å²) in [4.78, 5) is 4.12. The van der Waals surface area contributed by atoms with Crippen LogP contribution in [0, 0.1) is 5.41 Å². The molecule has 1 rings (SSSR count). The van der Waals surface area contributed by atoms with Gasteiger partial charge in [0, 0.05) is 19.3 Å². The van der Waals surface area contributed by atoms with Crippen LogP contribution in [0.4, 0.5) is 5.82 Å². The molecule has 1 aromatic rings. The Kier molecular flexibility index (Phi) is 5.79. The maximum atomic E-state index is 12.2. The highest BCUT2D eigenvalue weighted by molar-refractivity contribution is 7.89. The molecule has 20 heavy (non-hydrogen) atoms. The van der Waals surface area contributed by atoms with Gasteiger partial charge in [-0.25, -0.2) is 18.1 Å². The van der Waals surface area contributed by atoms with Crippen molar-refractivity contribution < 1.29 is 8.42 Å². The van der Waals surface area contributed by atoms with E-state index in [0.29, 0.717) is 23.9 Å². The van der Waals surface area contributed by atoms with Crippen LogP contribution in [0.5, 0.6) is 0 Å². The van der Waals surface area contributed by atoms with E-state index in [-0.39, 0.29) is 10.3 Å². The lowest BCUT2D eigenvalue weighted by Gasteiger charge is -2.22. The van der Waals surface area contributed by atoms with E-state index >= 15 is 0 Å². The molecular formula is C13H22ClN3O2S. The van der Waals surface area contributed by atoms with Crippen molar-refractivity contribution in [1.82, 2.24) is 9.71 Å². The number of sulfonamides is 1. The van der Waals surface area contributed by atoms with Gasteiger partial charge < -0.3 is 5.32 Å². The molecule has 0 unspecified atom stereocenters. The van der Waals surface area contributed by atoms with Crippen LogP contribution in [0.15, 0.2) is 17.2 Å². The van der Waals surface area contributed by atoms with Crippen molar-refractivity contribution in [2.45, 2.75) is 39.0 Å². The van der Waals surface area contributed by atoms with Crippen LogP contribution in [-0.2, 0) is 10.0 Å². The maximum Gasteiger partial charge on any atom is 0.242 e. The van der Waals surface area contributed by atoms with Crippen molar-refractivity contribution in [3.05, 3.63) is 17.3 Å². The second-order valence-electron chi connectivity index (χ2n) is 5.37. The summed E-state index contributed by atoms with van der Waals surface area (Å²) in [6.45, 7) is 9.00. The molecule has 7 heteroatoms. The van der Waals surface area contributed by atoms with Gasteiger partial charge in [-0.05, 0) is 24.8 Å². The van der Waals surface area contributed by atoms with E-state index in [9.17, 15) is 8.42 Å². The molecule has 2 N–H and O–H groups in total. The highest BCUT2D eigenvalue weighted by Crippen LogP contribution is 2.23. The zero-order valence-corrected chi connectivity index (χ0v) is 13.9. The molecule has 0 atom stereocenters. The smallest absolute Gasteiger partial charge is 0.242 e. The van der Waals surface area contributed by atoms with Crippen LogP contribution >= 0.6 is 11.6 Å². The average Bonchev–Trinajstić information content (AvgIpc) is 2.39. The molecule has 0 fully saturated rings. The molecule has 0 spiro atoms. The topological polar surface area (TPSA) is 71.1 Å². The molecule has 114 valence electrons. The van der Waals surface area contributed by atoms with Gasteiger partial charge in [0.2, 0.25) is 10.0 Å². The predicted molar refractivity (Wildman–Crippen MR) is 82.7 cm³/mol. The average molecular weight is 320 g/mol. The Morgan fingerprint density at radius 3 is 2.50 bits per heavy atom. The van der Waals surface area contributed by atoms with Crippen molar-refractivity contribution in [2.24, 2.45) is 5.41 Å².